The van der Waals surface area contributed by atoms with Crippen molar-refractivity contribution < 1.29 is 28.5 Å². The number of carbonyl (C=O) groups is 2. The molecule has 8 heteroatoms. The Morgan fingerprint density at radius 1 is 0.971 bits per heavy atom. The molecule has 1 heterocycles. The summed E-state index contributed by atoms with van der Waals surface area (Å²) in [7, 11) is 4.51. The van der Waals surface area contributed by atoms with E-state index >= 15 is 0 Å². The fourth-order valence-electron chi connectivity index (χ4n) is 4.22. The Balaban J connectivity index is 1.67. The number of esters is 1. The highest BCUT2D eigenvalue weighted by molar-refractivity contribution is 6.33. The van der Waals surface area contributed by atoms with Crippen LogP contribution in [0.25, 0.3) is 0 Å². The van der Waals surface area contributed by atoms with E-state index in [1.165, 1.54) is 7.11 Å². The SMILES string of the molecule is COC(=O)c1ccc(OC[C@H]2c3cc(OC)c(OC)cc3CCN2C(=O)c2ccccc2Cl)cc1. The standard InChI is InChI=1S/C27H26ClNO6/c1-32-24-14-18-12-13-29(26(30)20-6-4-5-7-22(20)28)23(21(18)15-25(24)33-2)16-35-19-10-8-17(9-11-19)27(31)34-3/h4-11,14-15,23H,12-13,16H2,1-3H3/t23-/m0/s1. The second kappa shape index (κ2) is 10.7. The van der Waals surface area contributed by atoms with E-state index in [0.29, 0.717) is 46.4 Å². The summed E-state index contributed by atoms with van der Waals surface area (Å²) in [5.74, 6) is 1.18. The average Bonchev–Trinajstić information content (AvgIpc) is 2.90. The summed E-state index contributed by atoms with van der Waals surface area (Å²) < 4.78 is 21.8. The van der Waals surface area contributed by atoms with Gasteiger partial charge in [-0.1, -0.05) is 23.7 Å². The number of methoxy groups -OCH3 is 3. The van der Waals surface area contributed by atoms with Gasteiger partial charge in [-0.3, -0.25) is 4.79 Å². The lowest BCUT2D eigenvalue weighted by Crippen LogP contribution is -2.42. The molecule has 35 heavy (non-hydrogen) atoms. The van der Waals surface area contributed by atoms with Crippen LogP contribution in [0.15, 0.2) is 60.7 Å². The molecule has 4 rings (SSSR count). The predicted octanol–water partition coefficient (Wildman–Crippen LogP) is 4.96. The molecule has 0 fully saturated rings. The van der Waals surface area contributed by atoms with E-state index in [4.69, 9.17) is 30.5 Å². The predicted molar refractivity (Wildman–Crippen MR) is 132 cm³/mol. The minimum absolute atomic E-state index is 0.175. The van der Waals surface area contributed by atoms with Gasteiger partial charge in [0.2, 0.25) is 0 Å². The van der Waals surface area contributed by atoms with Gasteiger partial charge >= 0.3 is 5.97 Å². The molecule has 0 saturated carbocycles. The number of hydrogen-bond acceptors (Lipinski definition) is 6. The minimum Gasteiger partial charge on any atom is -0.493 e. The Hall–Kier alpha value is -3.71. The third kappa shape index (κ3) is 5.05. The monoisotopic (exact) mass is 495 g/mol. The normalized spacial score (nSPS) is 14.6. The molecule has 0 unspecified atom stereocenters. The van der Waals surface area contributed by atoms with E-state index in [1.807, 2.05) is 12.1 Å². The molecule has 1 amide bonds. The molecule has 1 aliphatic heterocycles. The van der Waals surface area contributed by atoms with Crippen molar-refractivity contribution in [2.75, 3.05) is 34.5 Å². The molecular weight excluding hydrogens is 470 g/mol. The van der Waals surface area contributed by atoms with E-state index in [-0.39, 0.29) is 12.5 Å². The fourth-order valence-corrected chi connectivity index (χ4v) is 4.44. The quantitative estimate of drug-likeness (QED) is 0.431. The Kier molecular flexibility index (Phi) is 7.46. The van der Waals surface area contributed by atoms with Gasteiger partial charge in [-0.15, -0.1) is 0 Å². The minimum atomic E-state index is -0.421. The third-order valence-corrected chi connectivity index (χ3v) is 6.38. The van der Waals surface area contributed by atoms with Crippen LogP contribution in [0.2, 0.25) is 5.02 Å². The lowest BCUT2D eigenvalue weighted by molar-refractivity contribution is 0.0583. The number of ether oxygens (including phenoxy) is 4. The molecule has 3 aromatic rings. The summed E-state index contributed by atoms with van der Waals surface area (Å²) in [5.41, 5.74) is 2.83. The molecule has 0 radical (unpaired) electrons. The average molecular weight is 496 g/mol. The number of amides is 1. The number of hydrogen-bond donors (Lipinski definition) is 0. The summed E-state index contributed by atoms with van der Waals surface area (Å²) in [6.07, 6.45) is 0.649. The van der Waals surface area contributed by atoms with Crippen LogP contribution in [0.4, 0.5) is 0 Å². The Labute approximate surface area is 209 Å². The first-order valence-corrected chi connectivity index (χ1v) is 11.5. The highest BCUT2D eigenvalue weighted by atomic mass is 35.5. The van der Waals surface area contributed by atoms with E-state index < -0.39 is 12.0 Å². The van der Waals surface area contributed by atoms with E-state index in [2.05, 4.69) is 0 Å². The van der Waals surface area contributed by atoms with Crippen LogP contribution < -0.4 is 14.2 Å². The zero-order valence-corrected chi connectivity index (χ0v) is 20.5. The number of halogens is 1. The molecule has 0 aromatic heterocycles. The van der Waals surface area contributed by atoms with E-state index in [1.54, 1.807) is 67.7 Å². The number of fused-ring (bicyclic) bond motifs is 1. The summed E-state index contributed by atoms with van der Waals surface area (Å²) in [6, 6.07) is 17.1. The summed E-state index contributed by atoms with van der Waals surface area (Å²) >= 11 is 6.35. The Bertz CT molecular complexity index is 1230. The fraction of sp³-hybridized carbons (Fsp3) is 0.259. The second-order valence-electron chi connectivity index (χ2n) is 7.98. The maximum absolute atomic E-state index is 13.6. The van der Waals surface area contributed by atoms with Gasteiger partial charge in [-0.25, -0.2) is 4.79 Å². The van der Waals surface area contributed by atoms with Crippen molar-refractivity contribution in [1.82, 2.24) is 4.90 Å². The van der Waals surface area contributed by atoms with Crippen molar-refractivity contribution in [1.29, 1.82) is 0 Å². The zero-order valence-electron chi connectivity index (χ0n) is 19.7. The zero-order chi connectivity index (χ0) is 24.9. The maximum Gasteiger partial charge on any atom is 0.337 e. The largest absolute Gasteiger partial charge is 0.493 e. The van der Waals surface area contributed by atoms with Crippen LogP contribution in [0, 0.1) is 0 Å². The van der Waals surface area contributed by atoms with Gasteiger partial charge < -0.3 is 23.8 Å². The molecule has 0 aliphatic carbocycles. The van der Waals surface area contributed by atoms with Gasteiger partial charge in [0.1, 0.15) is 12.4 Å². The number of nitrogens with zero attached hydrogens (tertiary/aromatic N) is 1. The van der Waals surface area contributed by atoms with Gasteiger partial charge in [-0.05, 0) is 66.1 Å². The van der Waals surface area contributed by atoms with Crippen LogP contribution in [0.3, 0.4) is 0 Å². The van der Waals surface area contributed by atoms with Crippen LogP contribution in [0.5, 0.6) is 17.2 Å². The molecule has 0 spiro atoms. The lowest BCUT2D eigenvalue weighted by Gasteiger charge is -2.37. The van der Waals surface area contributed by atoms with Crippen molar-refractivity contribution in [3.63, 3.8) is 0 Å². The van der Waals surface area contributed by atoms with Crippen molar-refractivity contribution in [3.05, 3.63) is 87.9 Å². The number of carbonyl (C=O) groups excluding carboxylic acids is 2. The molecular formula is C27H26ClNO6. The van der Waals surface area contributed by atoms with Crippen molar-refractivity contribution in [2.24, 2.45) is 0 Å². The van der Waals surface area contributed by atoms with Crippen LogP contribution in [-0.4, -0.2) is 51.3 Å². The molecule has 3 aromatic carbocycles. The van der Waals surface area contributed by atoms with Crippen LogP contribution in [0.1, 0.15) is 37.9 Å². The molecule has 182 valence electrons. The highest BCUT2D eigenvalue weighted by Gasteiger charge is 2.34. The Morgan fingerprint density at radius 2 is 1.66 bits per heavy atom. The van der Waals surface area contributed by atoms with Gasteiger partial charge in [0, 0.05) is 6.54 Å². The summed E-state index contributed by atoms with van der Waals surface area (Å²) in [5, 5.41) is 0.397. The Morgan fingerprint density at radius 3 is 2.31 bits per heavy atom. The first-order valence-electron chi connectivity index (χ1n) is 11.1. The number of rotatable bonds is 7. The lowest BCUT2D eigenvalue weighted by atomic mass is 9.91. The van der Waals surface area contributed by atoms with Gasteiger partial charge in [0.15, 0.2) is 11.5 Å². The van der Waals surface area contributed by atoms with Crippen molar-refractivity contribution in [2.45, 2.75) is 12.5 Å². The van der Waals surface area contributed by atoms with Crippen LogP contribution in [-0.2, 0) is 11.2 Å². The summed E-state index contributed by atoms with van der Waals surface area (Å²) in [6.45, 7) is 0.679. The summed E-state index contributed by atoms with van der Waals surface area (Å²) in [4.78, 5) is 27.1. The number of benzene rings is 3. The molecule has 0 bridgehead atoms. The molecule has 1 atom stereocenters. The van der Waals surface area contributed by atoms with E-state index in [9.17, 15) is 9.59 Å². The molecule has 1 aliphatic rings. The maximum atomic E-state index is 13.6. The van der Waals surface area contributed by atoms with Crippen molar-refractivity contribution in [3.8, 4) is 17.2 Å². The van der Waals surface area contributed by atoms with Gasteiger partial charge in [0.05, 0.1) is 43.5 Å². The first-order chi connectivity index (χ1) is 17.0. The van der Waals surface area contributed by atoms with Crippen LogP contribution >= 0.6 is 11.6 Å². The molecule has 7 nitrogen and oxygen atoms in total. The highest BCUT2D eigenvalue weighted by Crippen LogP contribution is 2.39. The van der Waals surface area contributed by atoms with Gasteiger partial charge in [0.25, 0.3) is 5.91 Å². The van der Waals surface area contributed by atoms with Crippen molar-refractivity contribution >= 4 is 23.5 Å². The molecule has 0 saturated heterocycles. The smallest absolute Gasteiger partial charge is 0.337 e. The first kappa shape index (κ1) is 24.4. The second-order valence-corrected chi connectivity index (χ2v) is 8.38. The van der Waals surface area contributed by atoms with E-state index in [0.717, 1.165) is 11.1 Å². The third-order valence-electron chi connectivity index (χ3n) is 6.05. The van der Waals surface area contributed by atoms with Gasteiger partial charge in [-0.2, -0.15) is 0 Å². The molecule has 0 N–H and O–H groups in total. The topological polar surface area (TPSA) is 74.3 Å².